The van der Waals surface area contributed by atoms with Gasteiger partial charge in [-0.15, -0.1) is 0 Å². The molecule has 0 saturated carbocycles. The summed E-state index contributed by atoms with van der Waals surface area (Å²) < 4.78 is 13.7. The van der Waals surface area contributed by atoms with E-state index in [0.717, 1.165) is 12.0 Å². The van der Waals surface area contributed by atoms with E-state index in [-0.39, 0.29) is 22.5 Å². The molecule has 1 atom stereocenters. The van der Waals surface area contributed by atoms with Crippen molar-refractivity contribution in [1.82, 2.24) is 16.0 Å². The van der Waals surface area contributed by atoms with Gasteiger partial charge in [-0.3, -0.25) is 4.79 Å². The van der Waals surface area contributed by atoms with Crippen molar-refractivity contribution < 1.29 is 14.0 Å². The largest absolute Gasteiger partial charge is 0.352 e. The Morgan fingerprint density at radius 3 is 2.57 bits per heavy atom. The monoisotopic (exact) mass is 425 g/mol. The van der Waals surface area contributed by atoms with Crippen LogP contribution >= 0.6 is 23.2 Å². The van der Waals surface area contributed by atoms with Crippen LogP contribution in [0.2, 0.25) is 10.0 Å². The van der Waals surface area contributed by atoms with Gasteiger partial charge in [-0.25, -0.2) is 9.18 Å². The highest BCUT2D eigenvalue weighted by atomic mass is 35.5. The van der Waals surface area contributed by atoms with E-state index in [2.05, 4.69) is 16.0 Å². The third kappa shape index (κ3) is 6.11. The van der Waals surface area contributed by atoms with Gasteiger partial charge in [-0.05, 0) is 48.7 Å². The van der Waals surface area contributed by atoms with Crippen LogP contribution in [-0.4, -0.2) is 18.5 Å². The third-order valence-electron chi connectivity index (χ3n) is 4.03. The zero-order chi connectivity index (χ0) is 20.7. The molecule has 0 fully saturated rings. The van der Waals surface area contributed by atoms with Crippen LogP contribution in [-0.2, 0) is 6.54 Å². The quantitative estimate of drug-likeness (QED) is 0.555. The van der Waals surface area contributed by atoms with Crippen LogP contribution in [0.25, 0.3) is 0 Å². The highest BCUT2D eigenvalue weighted by Crippen LogP contribution is 2.28. The van der Waals surface area contributed by atoms with Crippen molar-refractivity contribution >= 4 is 35.1 Å². The molecule has 3 N–H and O–H groups in total. The van der Waals surface area contributed by atoms with Gasteiger partial charge in [-0.2, -0.15) is 0 Å². The summed E-state index contributed by atoms with van der Waals surface area (Å²) in [4.78, 5) is 24.2. The standard InChI is InChI=1S/C20H22Cl2FN3O2/c1-3-7-24-19(27)14-6-4-5-13(8-14)11-25-20(28)26-12(2)15-9-18(23)17(22)10-16(15)21/h4-6,8-10,12H,3,7,11H2,1-2H3,(H,24,27)(H2,25,26,28). The topological polar surface area (TPSA) is 70.2 Å². The van der Waals surface area contributed by atoms with Crippen LogP contribution < -0.4 is 16.0 Å². The minimum atomic E-state index is -0.603. The van der Waals surface area contributed by atoms with Crippen molar-refractivity contribution in [2.45, 2.75) is 32.9 Å². The van der Waals surface area contributed by atoms with E-state index >= 15 is 0 Å². The van der Waals surface area contributed by atoms with E-state index in [0.29, 0.717) is 17.7 Å². The molecular weight excluding hydrogens is 404 g/mol. The first-order valence-electron chi connectivity index (χ1n) is 8.87. The summed E-state index contributed by atoms with van der Waals surface area (Å²) in [6.45, 7) is 4.50. The summed E-state index contributed by atoms with van der Waals surface area (Å²) in [5.74, 6) is -0.755. The zero-order valence-corrected chi connectivity index (χ0v) is 17.1. The predicted octanol–water partition coefficient (Wildman–Crippen LogP) is 4.83. The number of halogens is 3. The minimum Gasteiger partial charge on any atom is -0.352 e. The lowest BCUT2D eigenvalue weighted by molar-refractivity contribution is 0.0953. The predicted molar refractivity (Wildman–Crippen MR) is 109 cm³/mol. The first kappa shape index (κ1) is 22.0. The van der Waals surface area contributed by atoms with Crippen molar-refractivity contribution in [3.8, 4) is 0 Å². The fourth-order valence-electron chi connectivity index (χ4n) is 2.54. The molecule has 8 heteroatoms. The molecule has 150 valence electrons. The molecule has 0 aliphatic rings. The zero-order valence-electron chi connectivity index (χ0n) is 15.6. The number of nitrogens with one attached hydrogen (secondary N) is 3. The Morgan fingerprint density at radius 2 is 1.86 bits per heavy atom. The molecule has 3 amide bonds. The molecule has 0 aliphatic carbocycles. The average molecular weight is 426 g/mol. The van der Waals surface area contributed by atoms with Gasteiger partial charge in [0, 0.05) is 23.7 Å². The fraction of sp³-hybridized carbons (Fsp3) is 0.300. The Kier molecular flexibility index (Phi) is 8.08. The summed E-state index contributed by atoms with van der Waals surface area (Å²) in [5.41, 5.74) is 1.74. The maximum Gasteiger partial charge on any atom is 0.315 e. The molecule has 28 heavy (non-hydrogen) atoms. The van der Waals surface area contributed by atoms with Crippen molar-refractivity contribution in [2.75, 3.05) is 6.54 Å². The van der Waals surface area contributed by atoms with E-state index in [1.54, 1.807) is 25.1 Å². The van der Waals surface area contributed by atoms with E-state index in [9.17, 15) is 14.0 Å². The fourth-order valence-corrected chi connectivity index (χ4v) is 3.09. The van der Waals surface area contributed by atoms with Crippen LogP contribution in [0, 0.1) is 5.82 Å². The van der Waals surface area contributed by atoms with Crippen LogP contribution in [0.5, 0.6) is 0 Å². The summed E-state index contributed by atoms with van der Waals surface area (Å²) >= 11 is 11.8. The molecular formula is C20H22Cl2FN3O2. The summed E-state index contributed by atoms with van der Waals surface area (Å²) in [5, 5.41) is 8.41. The van der Waals surface area contributed by atoms with E-state index in [1.807, 2.05) is 13.0 Å². The molecule has 1 unspecified atom stereocenters. The van der Waals surface area contributed by atoms with E-state index in [1.165, 1.54) is 12.1 Å². The smallest absolute Gasteiger partial charge is 0.315 e. The Bertz CT molecular complexity index is 861. The number of benzene rings is 2. The molecule has 2 rings (SSSR count). The number of hydrogen-bond acceptors (Lipinski definition) is 2. The van der Waals surface area contributed by atoms with Gasteiger partial charge in [0.2, 0.25) is 0 Å². The van der Waals surface area contributed by atoms with Gasteiger partial charge in [-0.1, -0.05) is 42.3 Å². The van der Waals surface area contributed by atoms with E-state index < -0.39 is 17.9 Å². The number of urea groups is 1. The van der Waals surface area contributed by atoms with Crippen LogP contribution in [0.4, 0.5) is 9.18 Å². The highest BCUT2D eigenvalue weighted by molar-refractivity contribution is 6.35. The number of carbonyl (C=O) groups excluding carboxylic acids is 2. The molecule has 0 bridgehead atoms. The molecule has 0 heterocycles. The molecule has 0 spiro atoms. The van der Waals surface area contributed by atoms with Gasteiger partial charge < -0.3 is 16.0 Å². The first-order chi connectivity index (χ1) is 13.3. The number of amides is 3. The van der Waals surface area contributed by atoms with Crippen molar-refractivity contribution in [3.05, 3.63) is 69.0 Å². The number of hydrogen-bond donors (Lipinski definition) is 3. The highest BCUT2D eigenvalue weighted by Gasteiger charge is 2.15. The lowest BCUT2D eigenvalue weighted by atomic mass is 10.1. The second kappa shape index (κ2) is 10.3. The van der Waals surface area contributed by atoms with Crippen LogP contribution in [0.3, 0.4) is 0 Å². The second-order valence-corrected chi connectivity index (χ2v) is 7.11. The number of carbonyl (C=O) groups is 2. The van der Waals surface area contributed by atoms with Crippen molar-refractivity contribution in [1.29, 1.82) is 0 Å². The van der Waals surface area contributed by atoms with Crippen LogP contribution in [0.15, 0.2) is 36.4 Å². The Hall–Kier alpha value is -2.31. The number of rotatable bonds is 7. The van der Waals surface area contributed by atoms with Gasteiger partial charge in [0.05, 0.1) is 11.1 Å². The van der Waals surface area contributed by atoms with Gasteiger partial charge in [0.1, 0.15) is 5.82 Å². The molecule has 0 saturated heterocycles. The second-order valence-electron chi connectivity index (χ2n) is 6.29. The summed E-state index contributed by atoms with van der Waals surface area (Å²) in [6, 6.07) is 8.55. The normalized spacial score (nSPS) is 11.6. The summed E-state index contributed by atoms with van der Waals surface area (Å²) in [7, 11) is 0. The lowest BCUT2D eigenvalue weighted by Crippen LogP contribution is -2.36. The maximum atomic E-state index is 13.7. The SMILES string of the molecule is CCCNC(=O)c1cccc(CNC(=O)NC(C)c2cc(F)c(Cl)cc2Cl)c1. The third-order valence-corrected chi connectivity index (χ3v) is 4.65. The lowest BCUT2D eigenvalue weighted by Gasteiger charge is -2.17. The first-order valence-corrected chi connectivity index (χ1v) is 9.63. The molecule has 0 aliphatic heterocycles. The Morgan fingerprint density at radius 1 is 1.11 bits per heavy atom. The summed E-state index contributed by atoms with van der Waals surface area (Å²) in [6.07, 6.45) is 0.854. The Labute approximate surface area is 173 Å². The van der Waals surface area contributed by atoms with Gasteiger partial charge in [0.15, 0.2) is 0 Å². The van der Waals surface area contributed by atoms with Gasteiger partial charge in [0.25, 0.3) is 5.91 Å². The molecule has 5 nitrogen and oxygen atoms in total. The molecule has 2 aromatic carbocycles. The average Bonchev–Trinajstić information content (AvgIpc) is 2.67. The van der Waals surface area contributed by atoms with Gasteiger partial charge >= 0.3 is 6.03 Å². The van der Waals surface area contributed by atoms with Crippen molar-refractivity contribution in [3.63, 3.8) is 0 Å². The molecule has 0 aromatic heterocycles. The molecule has 2 aromatic rings. The van der Waals surface area contributed by atoms with E-state index in [4.69, 9.17) is 23.2 Å². The Balaban J connectivity index is 1.94. The minimum absolute atomic E-state index is 0.0757. The maximum absolute atomic E-state index is 13.7. The molecule has 0 radical (unpaired) electrons. The van der Waals surface area contributed by atoms with Crippen LogP contribution in [0.1, 0.15) is 47.8 Å². The van der Waals surface area contributed by atoms with Crippen molar-refractivity contribution in [2.24, 2.45) is 0 Å².